The van der Waals surface area contributed by atoms with Crippen LogP contribution in [0.1, 0.15) is 56.9 Å². The molecule has 7 heteroatoms. The molecule has 1 saturated carbocycles. The summed E-state index contributed by atoms with van der Waals surface area (Å²) in [5.74, 6) is 3.84. The standard InChI is InChI=1S/C26H36N2O4.ClH/c1-29-25-18-23(32-19-20-8-4-2-5-9-20)14-15-24(25)31-17-7-3-6-16-30-22-12-10-21(11-13-22)26(27)28;/h10-15,18,20H,2-9,16-17,19H2,1H3,(H3,27,28);1H. The lowest BCUT2D eigenvalue weighted by Gasteiger charge is -2.22. The topological polar surface area (TPSA) is 86.8 Å². The number of rotatable bonds is 13. The highest BCUT2D eigenvalue weighted by Gasteiger charge is 2.14. The highest BCUT2D eigenvalue weighted by atomic mass is 35.5. The van der Waals surface area contributed by atoms with Gasteiger partial charge >= 0.3 is 0 Å². The maximum Gasteiger partial charge on any atom is 0.164 e. The molecule has 0 bridgehead atoms. The molecule has 0 atom stereocenters. The summed E-state index contributed by atoms with van der Waals surface area (Å²) in [5.41, 5.74) is 6.16. The predicted molar refractivity (Wildman–Crippen MR) is 135 cm³/mol. The Morgan fingerprint density at radius 1 is 0.848 bits per heavy atom. The summed E-state index contributed by atoms with van der Waals surface area (Å²) in [7, 11) is 1.66. The Labute approximate surface area is 203 Å². The van der Waals surface area contributed by atoms with Crippen LogP contribution in [0.2, 0.25) is 0 Å². The lowest BCUT2D eigenvalue weighted by Crippen LogP contribution is -2.15. The van der Waals surface area contributed by atoms with Gasteiger partial charge in [0, 0.05) is 11.6 Å². The molecule has 2 aromatic carbocycles. The van der Waals surface area contributed by atoms with Gasteiger partial charge in [0.2, 0.25) is 0 Å². The second-order valence-corrected chi connectivity index (χ2v) is 8.32. The zero-order valence-corrected chi connectivity index (χ0v) is 20.3. The molecule has 3 rings (SSSR count). The Bertz CT molecular complexity index is 839. The third-order valence-electron chi connectivity index (χ3n) is 5.83. The molecule has 1 aliphatic carbocycles. The van der Waals surface area contributed by atoms with Crippen molar-refractivity contribution in [2.24, 2.45) is 11.7 Å². The van der Waals surface area contributed by atoms with Gasteiger partial charge in [0.1, 0.15) is 17.3 Å². The largest absolute Gasteiger partial charge is 0.494 e. The molecule has 0 amide bonds. The quantitative estimate of drug-likeness (QED) is 0.211. The number of amidine groups is 1. The second-order valence-electron chi connectivity index (χ2n) is 8.32. The molecule has 0 unspecified atom stereocenters. The first-order chi connectivity index (χ1) is 15.7. The van der Waals surface area contributed by atoms with Gasteiger partial charge in [-0.2, -0.15) is 0 Å². The van der Waals surface area contributed by atoms with Crippen LogP contribution < -0.4 is 24.7 Å². The van der Waals surface area contributed by atoms with Crippen molar-refractivity contribution in [2.45, 2.75) is 51.4 Å². The van der Waals surface area contributed by atoms with Crippen molar-refractivity contribution in [3.63, 3.8) is 0 Å². The van der Waals surface area contributed by atoms with Crippen LogP contribution in [0, 0.1) is 11.3 Å². The molecular formula is C26H37ClN2O4. The number of hydrogen-bond donors (Lipinski definition) is 2. The maximum atomic E-state index is 7.40. The average Bonchev–Trinajstić information content (AvgIpc) is 2.83. The molecule has 0 radical (unpaired) electrons. The summed E-state index contributed by atoms with van der Waals surface area (Å²) in [4.78, 5) is 0. The number of nitrogens with two attached hydrogens (primary N) is 1. The zero-order chi connectivity index (χ0) is 22.6. The first-order valence-corrected chi connectivity index (χ1v) is 11.7. The monoisotopic (exact) mass is 476 g/mol. The number of halogens is 1. The average molecular weight is 477 g/mol. The van der Waals surface area contributed by atoms with Gasteiger partial charge in [-0.05, 0) is 74.4 Å². The summed E-state index contributed by atoms with van der Waals surface area (Å²) in [6.45, 7) is 2.06. The minimum Gasteiger partial charge on any atom is -0.494 e. The number of ether oxygens (including phenoxy) is 4. The Morgan fingerprint density at radius 2 is 1.52 bits per heavy atom. The van der Waals surface area contributed by atoms with Gasteiger partial charge in [0.05, 0.1) is 26.9 Å². The van der Waals surface area contributed by atoms with Crippen molar-refractivity contribution in [2.75, 3.05) is 26.9 Å². The van der Waals surface area contributed by atoms with E-state index in [2.05, 4.69) is 0 Å². The molecule has 6 nitrogen and oxygen atoms in total. The Kier molecular flexibility index (Phi) is 11.7. The first kappa shape index (κ1) is 26.7. The number of methoxy groups -OCH3 is 1. The summed E-state index contributed by atoms with van der Waals surface area (Å²) < 4.78 is 23.2. The molecule has 0 saturated heterocycles. The van der Waals surface area contributed by atoms with Crippen LogP contribution in [0.15, 0.2) is 42.5 Å². The van der Waals surface area contributed by atoms with Crippen molar-refractivity contribution < 1.29 is 18.9 Å². The van der Waals surface area contributed by atoms with Gasteiger partial charge in [-0.3, -0.25) is 5.41 Å². The van der Waals surface area contributed by atoms with Crippen LogP contribution in [0.3, 0.4) is 0 Å². The summed E-state index contributed by atoms with van der Waals surface area (Å²) in [6.07, 6.45) is 9.45. The van der Waals surface area contributed by atoms with Crippen molar-refractivity contribution in [3.05, 3.63) is 48.0 Å². The SMILES string of the molecule is COc1cc(OCC2CCCCC2)ccc1OCCCCCOc1ccc(C(=N)N)cc1.Cl. The minimum atomic E-state index is 0. The van der Waals surface area contributed by atoms with Crippen LogP contribution in [0.4, 0.5) is 0 Å². The lowest BCUT2D eigenvalue weighted by molar-refractivity contribution is 0.207. The summed E-state index contributed by atoms with van der Waals surface area (Å²) >= 11 is 0. The van der Waals surface area contributed by atoms with Gasteiger partial charge in [0.15, 0.2) is 11.5 Å². The van der Waals surface area contributed by atoms with Crippen LogP contribution in [-0.4, -0.2) is 32.8 Å². The van der Waals surface area contributed by atoms with Gasteiger partial charge in [0.25, 0.3) is 0 Å². The highest BCUT2D eigenvalue weighted by molar-refractivity contribution is 5.94. The molecule has 0 aliphatic heterocycles. The van der Waals surface area contributed by atoms with Gasteiger partial charge in [-0.15, -0.1) is 12.4 Å². The van der Waals surface area contributed by atoms with Crippen molar-refractivity contribution in [1.29, 1.82) is 5.41 Å². The van der Waals surface area contributed by atoms with Gasteiger partial charge in [-0.1, -0.05) is 19.3 Å². The van der Waals surface area contributed by atoms with E-state index in [0.29, 0.717) is 30.4 Å². The normalized spacial score (nSPS) is 13.6. The fraction of sp³-hybridized carbons (Fsp3) is 0.500. The predicted octanol–water partition coefficient (Wildman–Crippen LogP) is 5.99. The molecular weight excluding hydrogens is 440 g/mol. The lowest BCUT2D eigenvalue weighted by atomic mass is 9.90. The van der Waals surface area contributed by atoms with Gasteiger partial charge < -0.3 is 24.7 Å². The van der Waals surface area contributed by atoms with E-state index in [4.69, 9.17) is 30.1 Å². The van der Waals surface area contributed by atoms with E-state index in [0.717, 1.165) is 43.1 Å². The third-order valence-corrected chi connectivity index (χ3v) is 5.83. The van der Waals surface area contributed by atoms with Crippen molar-refractivity contribution in [3.8, 4) is 23.0 Å². The number of nitrogen functional groups attached to an aromatic ring is 1. The number of nitrogens with one attached hydrogen (secondary N) is 1. The van der Waals surface area contributed by atoms with Crippen LogP contribution in [0.25, 0.3) is 0 Å². The van der Waals surface area contributed by atoms with E-state index < -0.39 is 0 Å². The molecule has 2 aromatic rings. The maximum absolute atomic E-state index is 7.40. The van der Waals surface area contributed by atoms with E-state index in [1.807, 2.05) is 30.3 Å². The third kappa shape index (κ3) is 9.04. The minimum absolute atomic E-state index is 0. The first-order valence-electron chi connectivity index (χ1n) is 11.7. The smallest absolute Gasteiger partial charge is 0.164 e. The van der Waals surface area contributed by atoms with E-state index in [9.17, 15) is 0 Å². The van der Waals surface area contributed by atoms with Crippen LogP contribution in [0.5, 0.6) is 23.0 Å². The molecule has 0 spiro atoms. The number of hydrogen-bond acceptors (Lipinski definition) is 5. The summed E-state index contributed by atoms with van der Waals surface area (Å²) in [6, 6.07) is 13.1. The Hall–Kier alpha value is -2.60. The number of benzene rings is 2. The molecule has 182 valence electrons. The summed E-state index contributed by atoms with van der Waals surface area (Å²) in [5, 5.41) is 7.40. The molecule has 0 heterocycles. The molecule has 33 heavy (non-hydrogen) atoms. The van der Waals surface area contributed by atoms with E-state index >= 15 is 0 Å². The molecule has 1 aliphatic rings. The fourth-order valence-corrected chi connectivity index (χ4v) is 3.91. The number of unbranched alkanes of at least 4 members (excludes halogenated alkanes) is 2. The van der Waals surface area contributed by atoms with E-state index in [1.165, 1.54) is 32.1 Å². The fourth-order valence-electron chi connectivity index (χ4n) is 3.91. The van der Waals surface area contributed by atoms with Crippen LogP contribution >= 0.6 is 12.4 Å². The Balaban J connectivity index is 0.00000385. The highest BCUT2D eigenvalue weighted by Crippen LogP contribution is 2.32. The van der Waals surface area contributed by atoms with E-state index in [-0.39, 0.29) is 18.2 Å². The zero-order valence-electron chi connectivity index (χ0n) is 19.5. The second kappa shape index (κ2) is 14.5. The van der Waals surface area contributed by atoms with Crippen molar-refractivity contribution in [1.82, 2.24) is 0 Å². The Morgan fingerprint density at radius 3 is 2.18 bits per heavy atom. The van der Waals surface area contributed by atoms with Gasteiger partial charge in [-0.25, -0.2) is 0 Å². The van der Waals surface area contributed by atoms with E-state index in [1.54, 1.807) is 19.2 Å². The molecule has 1 fully saturated rings. The molecule has 0 aromatic heterocycles. The van der Waals surface area contributed by atoms with Crippen molar-refractivity contribution >= 4 is 18.2 Å². The molecule has 3 N–H and O–H groups in total. The van der Waals surface area contributed by atoms with Crippen LogP contribution in [-0.2, 0) is 0 Å².